The van der Waals surface area contributed by atoms with Crippen molar-refractivity contribution in [1.82, 2.24) is 0 Å². The fraction of sp³-hybridized carbons (Fsp3) is 0.556. The summed E-state index contributed by atoms with van der Waals surface area (Å²) in [6.45, 7) is 12.3. The third kappa shape index (κ3) is 5.17. The molecule has 1 aromatic carbocycles. The average molecular weight is 306 g/mol. The molecule has 1 rings (SSSR count). The Morgan fingerprint density at radius 1 is 0.818 bits per heavy atom. The van der Waals surface area contributed by atoms with Gasteiger partial charge in [0.05, 0.1) is 24.3 Å². The van der Waals surface area contributed by atoms with Crippen LogP contribution in [-0.4, -0.2) is 25.2 Å². The number of hydrogen-bond donors (Lipinski definition) is 0. The number of aryl methyl sites for hydroxylation is 2. The van der Waals surface area contributed by atoms with E-state index in [1.807, 2.05) is 41.5 Å². The van der Waals surface area contributed by atoms with E-state index in [1.165, 1.54) is 0 Å². The van der Waals surface area contributed by atoms with Gasteiger partial charge in [0.15, 0.2) is 0 Å². The molecule has 0 aliphatic carbocycles. The van der Waals surface area contributed by atoms with Gasteiger partial charge in [-0.25, -0.2) is 9.59 Å². The fourth-order valence-electron chi connectivity index (χ4n) is 1.79. The first-order chi connectivity index (χ1) is 10.2. The normalized spacial score (nSPS) is 10.9. The molecule has 0 heterocycles. The predicted octanol–water partition coefficient (Wildman–Crippen LogP) is 3.93. The minimum atomic E-state index is -0.478. The summed E-state index contributed by atoms with van der Waals surface area (Å²) in [5, 5.41) is 0. The molecule has 4 nitrogen and oxygen atoms in total. The van der Waals surface area contributed by atoms with Crippen molar-refractivity contribution in [3.63, 3.8) is 0 Å². The van der Waals surface area contributed by atoms with Gasteiger partial charge in [-0.15, -0.1) is 0 Å². The molecular formula is C18H26O4. The summed E-state index contributed by atoms with van der Waals surface area (Å²) in [4.78, 5) is 24.5. The van der Waals surface area contributed by atoms with Gasteiger partial charge in [-0.05, 0) is 48.9 Å². The highest BCUT2D eigenvalue weighted by molar-refractivity contribution is 6.03. The molecule has 0 radical (unpaired) electrons. The van der Waals surface area contributed by atoms with Crippen molar-refractivity contribution in [1.29, 1.82) is 0 Å². The highest BCUT2D eigenvalue weighted by Gasteiger charge is 2.21. The van der Waals surface area contributed by atoms with Gasteiger partial charge in [-0.1, -0.05) is 27.7 Å². The Hall–Kier alpha value is -1.84. The van der Waals surface area contributed by atoms with Gasteiger partial charge in [0.25, 0.3) is 0 Å². The second-order valence-electron chi connectivity index (χ2n) is 6.47. The second-order valence-corrected chi connectivity index (χ2v) is 6.47. The summed E-state index contributed by atoms with van der Waals surface area (Å²) < 4.78 is 10.5. The number of hydrogen-bond acceptors (Lipinski definition) is 4. The zero-order valence-corrected chi connectivity index (χ0v) is 14.4. The van der Waals surface area contributed by atoms with Crippen LogP contribution >= 0.6 is 0 Å². The molecule has 22 heavy (non-hydrogen) atoms. The third-order valence-corrected chi connectivity index (χ3v) is 3.17. The smallest absolute Gasteiger partial charge is 0.339 e. The number of benzene rings is 1. The summed E-state index contributed by atoms with van der Waals surface area (Å²) in [5.74, 6) is -0.472. The van der Waals surface area contributed by atoms with Crippen molar-refractivity contribution in [2.45, 2.75) is 41.5 Å². The molecule has 0 aliphatic rings. The highest BCUT2D eigenvalue weighted by Crippen LogP contribution is 2.19. The molecule has 122 valence electrons. The molecule has 0 spiro atoms. The van der Waals surface area contributed by atoms with Crippen LogP contribution in [0.15, 0.2) is 12.1 Å². The zero-order chi connectivity index (χ0) is 16.9. The van der Waals surface area contributed by atoms with E-state index >= 15 is 0 Å². The van der Waals surface area contributed by atoms with E-state index in [0.717, 1.165) is 11.1 Å². The Labute approximate surface area is 132 Å². The van der Waals surface area contributed by atoms with E-state index in [1.54, 1.807) is 12.1 Å². The lowest BCUT2D eigenvalue weighted by Gasteiger charge is -2.14. The van der Waals surface area contributed by atoms with Gasteiger partial charge in [0, 0.05) is 0 Å². The summed E-state index contributed by atoms with van der Waals surface area (Å²) in [6.07, 6.45) is 0. The van der Waals surface area contributed by atoms with E-state index in [2.05, 4.69) is 0 Å². The van der Waals surface area contributed by atoms with Crippen molar-refractivity contribution < 1.29 is 19.1 Å². The van der Waals surface area contributed by atoms with Crippen molar-refractivity contribution in [3.8, 4) is 0 Å². The van der Waals surface area contributed by atoms with E-state index < -0.39 is 11.9 Å². The lowest BCUT2D eigenvalue weighted by Crippen LogP contribution is -2.18. The van der Waals surface area contributed by atoms with Crippen molar-refractivity contribution >= 4 is 11.9 Å². The Morgan fingerprint density at radius 2 is 1.14 bits per heavy atom. The molecule has 1 aromatic rings. The molecule has 0 saturated heterocycles. The first-order valence-corrected chi connectivity index (χ1v) is 7.67. The minimum Gasteiger partial charge on any atom is -0.462 e. The van der Waals surface area contributed by atoms with Gasteiger partial charge in [0.2, 0.25) is 0 Å². The molecule has 0 aromatic heterocycles. The van der Waals surface area contributed by atoms with Gasteiger partial charge >= 0.3 is 11.9 Å². The van der Waals surface area contributed by atoms with Crippen LogP contribution in [0.1, 0.15) is 59.5 Å². The number of ether oxygens (including phenoxy) is 2. The molecule has 0 N–H and O–H groups in total. The number of esters is 2. The molecule has 0 bridgehead atoms. The van der Waals surface area contributed by atoms with Crippen LogP contribution < -0.4 is 0 Å². The van der Waals surface area contributed by atoms with Gasteiger partial charge in [0.1, 0.15) is 0 Å². The summed E-state index contributed by atoms with van der Waals surface area (Å²) >= 11 is 0. The van der Waals surface area contributed by atoms with Crippen LogP contribution in [0.5, 0.6) is 0 Å². The second kappa shape index (κ2) is 7.97. The average Bonchev–Trinajstić information content (AvgIpc) is 2.44. The van der Waals surface area contributed by atoms with E-state index in [0.29, 0.717) is 13.2 Å². The molecule has 0 atom stereocenters. The van der Waals surface area contributed by atoms with Crippen molar-refractivity contribution in [3.05, 3.63) is 34.4 Å². The maximum absolute atomic E-state index is 12.2. The van der Waals surface area contributed by atoms with E-state index in [4.69, 9.17) is 9.47 Å². The van der Waals surface area contributed by atoms with Crippen LogP contribution in [0.3, 0.4) is 0 Å². The SMILES string of the molecule is Cc1cc(C(=O)OCC(C)C)c(C(=O)OCC(C)C)cc1C. The molecule has 0 aliphatic heterocycles. The van der Waals surface area contributed by atoms with Crippen LogP contribution in [-0.2, 0) is 9.47 Å². The largest absolute Gasteiger partial charge is 0.462 e. The lowest BCUT2D eigenvalue weighted by molar-refractivity contribution is 0.0412. The van der Waals surface area contributed by atoms with Gasteiger partial charge in [-0.3, -0.25) is 0 Å². The molecule has 4 heteroatoms. The maximum Gasteiger partial charge on any atom is 0.339 e. The van der Waals surface area contributed by atoms with E-state index in [9.17, 15) is 9.59 Å². The lowest BCUT2D eigenvalue weighted by atomic mass is 10.00. The van der Waals surface area contributed by atoms with Gasteiger partial charge in [-0.2, -0.15) is 0 Å². The monoisotopic (exact) mass is 306 g/mol. The maximum atomic E-state index is 12.2. The third-order valence-electron chi connectivity index (χ3n) is 3.17. The van der Waals surface area contributed by atoms with Crippen molar-refractivity contribution in [2.75, 3.05) is 13.2 Å². The summed E-state index contributed by atoms with van der Waals surface area (Å²) in [5.41, 5.74) is 2.43. The number of carbonyl (C=O) groups is 2. The molecule has 0 saturated carbocycles. The van der Waals surface area contributed by atoms with Crippen LogP contribution in [0.2, 0.25) is 0 Å². The topological polar surface area (TPSA) is 52.6 Å². The number of carbonyl (C=O) groups excluding carboxylic acids is 2. The molecular weight excluding hydrogens is 280 g/mol. The highest BCUT2D eigenvalue weighted by atomic mass is 16.5. The van der Waals surface area contributed by atoms with Crippen LogP contribution in [0.25, 0.3) is 0 Å². The molecule has 0 unspecified atom stereocenters. The van der Waals surface area contributed by atoms with Crippen LogP contribution in [0, 0.1) is 25.7 Å². The Balaban J connectivity index is 3.06. The number of rotatable bonds is 6. The quantitative estimate of drug-likeness (QED) is 0.747. The Morgan fingerprint density at radius 3 is 1.41 bits per heavy atom. The Kier molecular flexibility index (Phi) is 6.60. The predicted molar refractivity (Wildman–Crippen MR) is 86.2 cm³/mol. The standard InChI is InChI=1S/C18H26O4/c1-11(2)9-21-17(19)15-7-13(5)14(6)8-16(15)18(20)22-10-12(3)4/h7-8,11-12H,9-10H2,1-6H3. The first-order valence-electron chi connectivity index (χ1n) is 7.67. The zero-order valence-electron chi connectivity index (χ0n) is 14.4. The molecule has 0 fully saturated rings. The van der Waals surface area contributed by atoms with E-state index in [-0.39, 0.29) is 23.0 Å². The van der Waals surface area contributed by atoms with Gasteiger partial charge < -0.3 is 9.47 Å². The Bertz CT molecular complexity index is 495. The first kappa shape index (κ1) is 18.2. The van der Waals surface area contributed by atoms with Crippen LogP contribution in [0.4, 0.5) is 0 Å². The fourth-order valence-corrected chi connectivity index (χ4v) is 1.79. The molecule has 0 amide bonds. The minimum absolute atomic E-state index is 0.242. The summed E-state index contributed by atoms with van der Waals surface area (Å²) in [6, 6.07) is 3.40. The van der Waals surface area contributed by atoms with Crippen molar-refractivity contribution in [2.24, 2.45) is 11.8 Å². The summed E-state index contributed by atoms with van der Waals surface area (Å²) in [7, 11) is 0.